The van der Waals surface area contributed by atoms with Crippen LogP contribution < -0.4 is 4.90 Å². The Kier molecular flexibility index (Phi) is 7.04. The minimum absolute atomic E-state index is 0.292. The van der Waals surface area contributed by atoms with Crippen LogP contribution in [0, 0.1) is 0 Å². The number of anilines is 1. The summed E-state index contributed by atoms with van der Waals surface area (Å²) in [7, 11) is 0. The van der Waals surface area contributed by atoms with Crippen LogP contribution in [0.3, 0.4) is 0 Å². The maximum absolute atomic E-state index is 12.2. The van der Waals surface area contributed by atoms with E-state index in [-0.39, 0.29) is 12.5 Å². The van der Waals surface area contributed by atoms with Gasteiger partial charge in [-0.25, -0.2) is 4.79 Å². The minimum Gasteiger partial charge on any atom is -0.452 e. The van der Waals surface area contributed by atoms with Gasteiger partial charge >= 0.3 is 5.97 Å². The number of nitrogens with zero attached hydrogens (tertiary/aromatic N) is 1. The van der Waals surface area contributed by atoms with Gasteiger partial charge < -0.3 is 9.64 Å². The lowest BCUT2D eigenvalue weighted by atomic mass is 10.2. The number of para-hydroxylation sites is 1. The molecule has 0 spiro atoms. The minimum atomic E-state index is -0.622. The standard InChI is InChI=1S/C19H17Cl2NO3/c1-2-22(16-6-4-3-5-7-16)18(23)13-25-19(24)11-9-14-8-10-15(20)12-17(14)21/h3-12H,2,13H2,1H3. The van der Waals surface area contributed by atoms with E-state index in [1.54, 1.807) is 23.1 Å². The Morgan fingerprint density at radius 3 is 2.48 bits per heavy atom. The molecule has 130 valence electrons. The van der Waals surface area contributed by atoms with Crippen LogP contribution in [-0.2, 0) is 14.3 Å². The van der Waals surface area contributed by atoms with Crippen molar-refractivity contribution in [3.05, 3.63) is 70.2 Å². The summed E-state index contributed by atoms with van der Waals surface area (Å²) < 4.78 is 5.01. The van der Waals surface area contributed by atoms with E-state index in [9.17, 15) is 9.59 Å². The second-order valence-corrected chi connectivity index (χ2v) is 5.92. The maximum Gasteiger partial charge on any atom is 0.331 e. The zero-order valence-electron chi connectivity index (χ0n) is 13.6. The second kappa shape index (κ2) is 9.25. The molecular weight excluding hydrogens is 361 g/mol. The van der Waals surface area contributed by atoms with Crippen LogP contribution in [-0.4, -0.2) is 25.0 Å². The van der Waals surface area contributed by atoms with Gasteiger partial charge in [0.2, 0.25) is 0 Å². The van der Waals surface area contributed by atoms with Gasteiger partial charge in [0, 0.05) is 28.4 Å². The molecule has 0 aliphatic carbocycles. The monoisotopic (exact) mass is 377 g/mol. The first-order valence-corrected chi connectivity index (χ1v) is 8.42. The number of hydrogen-bond acceptors (Lipinski definition) is 3. The first-order chi connectivity index (χ1) is 12.0. The molecule has 25 heavy (non-hydrogen) atoms. The van der Waals surface area contributed by atoms with E-state index in [0.29, 0.717) is 22.2 Å². The molecule has 0 aliphatic heterocycles. The molecular formula is C19H17Cl2NO3. The first-order valence-electron chi connectivity index (χ1n) is 7.66. The van der Waals surface area contributed by atoms with Gasteiger partial charge in [-0.15, -0.1) is 0 Å². The van der Waals surface area contributed by atoms with Crippen LogP contribution >= 0.6 is 23.2 Å². The number of halogens is 2. The van der Waals surface area contributed by atoms with Crippen molar-refractivity contribution in [3.8, 4) is 0 Å². The summed E-state index contributed by atoms with van der Waals surface area (Å²) in [5.74, 6) is -0.913. The van der Waals surface area contributed by atoms with Crippen LogP contribution in [0.4, 0.5) is 5.69 Å². The van der Waals surface area contributed by atoms with Crippen molar-refractivity contribution in [2.24, 2.45) is 0 Å². The highest BCUT2D eigenvalue weighted by Crippen LogP contribution is 2.22. The fraction of sp³-hybridized carbons (Fsp3) is 0.158. The van der Waals surface area contributed by atoms with E-state index in [1.165, 1.54) is 12.2 Å². The van der Waals surface area contributed by atoms with Gasteiger partial charge in [-0.3, -0.25) is 4.79 Å². The predicted octanol–water partition coefficient (Wildman–Crippen LogP) is 4.60. The van der Waals surface area contributed by atoms with E-state index in [2.05, 4.69) is 0 Å². The molecule has 0 saturated heterocycles. The zero-order chi connectivity index (χ0) is 18.2. The molecule has 2 aromatic carbocycles. The van der Waals surface area contributed by atoms with Crippen LogP contribution in [0.5, 0.6) is 0 Å². The lowest BCUT2D eigenvalue weighted by molar-refractivity contribution is -0.142. The summed E-state index contributed by atoms with van der Waals surface area (Å²) in [5.41, 5.74) is 1.39. The Balaban J connectivity index is 1.92. The fourth-order valence-corrected chi connectivity index (χ4v) is 2.64. The Morgan fingerprint density at radius 2 is 1.84 bits per heavy atom. The number of rotatable bonds is 6. The van der Waals surface area contributed by atoms with Gasteiger partial charge in [0.05, 0.1) is 0 Å². The Bertz CT molecular complexity index is 775. The Hall–Kier alpha value is -2.30. The highest BCUT2D eigenvalue weighted by atomic mass is 35.5. The van der Waals surface area contributed by atoms with Crippen LogP contribution in [0.25, 0.3) is 6.08 Å². The third kappa shape index (κ3) is 5.62. The second-order valence-electron chi connectivity index (χ2n) is 5.08. The molecule has 2 aromatic rings. The Morgan fingerprint density at radius 1 is 1.12 bits per heavy atom. The van der Waals surface area contributed by atoms with Gasteiger partial charge in [0.1, 0.15) is 0 Å². The number of likely N-dealkylation sites (N-methyl/N-ethyl adjacent to an activating group) is 1. The third-order valence-corrected chi connectivity index (χ3v) is 3.95. The molecule has 0 radical (unpaired) electrons. The van der Waals surface area contributed by atoms with Crippen molar-refractivity contribution in [1.82, 2.24) is 0 Å². The number of carbonyl (C=O) groups is 2. The third-order valence-electron chi connectivity index (χ3n) is 3.38. The normalized spacial score (nSPS) is 10.7. The van der Waals surface area contributed by atoms with E-state index in [0.717, 1.165) is 5.69 Å². The van der Waals surface area contributed by atoms with Crippen LogP contribution in [0.1, 0.15) is 12.5 Å². The molecule has 0 unspecified atom stereocenters. The van der Waals surface area contributed by atoms with Crippen LogP contribution in [0.2, 0.25) is 10.0 Å². The van der Waals surface area contributed by atoms with Crippen molar-refractivity contribution in [1.29, 1.82) is 0 Å². The Labute approximate surface area is 156 Å². The fourth-order valence-electron chi connectivity index (χ4n) is 2.16. The maximum atomic E-state index is 12.2. The molecule has 0 N–H and O–H groups in total. The predicted molar refractivity (Wildman–Crippen MR) is 101 cm³/mol. The lowest BCUT2D eigenvalue weighted by Crippen LogP contribution is -2.34. The summed E-state index contributed by atoms with van der Waals surface area (Å²) in [6, 6.07) is 14.1. The SMILES string of the molecule is CCN(C(=O)COC(=O)C=Cc1ccc(Cl)cc1Cl)c1ccccc1. The van der Waals surface area contributed by atoms with Gasteiger partial charge in [0.25, 0.3) is 5.91 Å². The summed E-state index contributed by atoms with van der Waals surface area (Å²) in [6.07, 6.45) is 2.74. The van der Waals surface area contributed by atoms with Crippen molar-refractivity contribution in [2.75, 3.05) is 18.1 Å². The van der Waals surface area contributed by atoms with E-state index in [4.69, 9.17) is 27.9 Å². The molecule has 0 heterocycles. The van der Waals surface area contributed by atoms with E-state index in [1.807, 2.05) is 37.3 Å². The molecule has 0 fully saturated rings. The highest BCUT2D eigenvalue weighted by Gasteiger charge is 2.15. The average Bonchev–Trinajstić information content (AvgIpc) is 2.61. The molecule has 0 atom stereocenters. The molecule has 4 nitrogen and oxygen atoms in total. The van der Waals surface area contributed by atoms with Crippen LogP contribution in [0.15, 0.2) is 54.6 Å². The summed E-state index contributed by atoms with van der Waals surface area (Å²) in [6.45, 7) is 2.01. The lowest BCUT2D eigenvalue weighted by Gasteiger charge is -2.20. The number of carbonyl (C=O) groups excluding carboxylic acids is 2. The van der Waals surface area contributed by atoms with Gasteiger partial charge in [-0.2, -0.15) is 0 Å². The van der Waals surface area contributed by atoms with Crippen molar-refractivity contribution in [2.45, 2.75) is 6.92 Å². The summed E-state index contributed by atoms with van der Waals surface area (Å²) in [4.78, 5) is 25.6. The number of esters is 1. The summed E-state index contributed by atoms with van der Waals surface area (Å²) >= 11 is 11.8. The van der Waals surface area contributed by atoms with Gasteiger partial charge in [-0.05, 0) is 42.8 Å². The summed E-state index contributed by atoms with van der Waals surface area (Å²) in [5, 5.41) is 0.935. The van der Waals surface area contributed by atoms with Crippen molar-refractivity contribution >= 4 is 46.8 Å². The van der Waals surface area contributed by atoms with Crippen molar-refractivity contribution in [3.63, 3.8) is 0 Å². The number of benzene rings is 2. The average molecular weight is 378 g/mol. The zero-order valence-corrected chi connectivity index (χ0v) is 15.1. The number of ether oxygens (including phenoxy) is 1. The smallest absolute Gasteiger partial charge is 0.331 e. The van der Waals surface area contributed by atoms with E-state index < -0.39 is 5.97 Å². The number of hydrogen-bond donors (Lipinski definition) is 0. The molecule has 2 rings (SSSR count). The molecule has 0 bridgehead atoms. The first kappa shape index (κ1) is 19.0. The molecule has 0 saturated carbocycles. The van der Waals surface area contributed by atoms with Gasteiger partial charge in [-0.1, -0.05) is 47.5 Å². The quantitative estimate of drug-likeness (QED) is 0.545. The topological polar surface area (TPSA) is 46.6 Å². The highest BCUT2D eigenvalue weighted by molar-refractivity contribution is 6.35. The number of amides is 1. The van der Waals surface area contributed by atoms with E-state index >= 15 is 0 Å². The molecule has 1 amide bonds. The van der Waals surface area contributed by atoms with Crippen molar-refractivity contribution < 1.29 is 14.3 Å². The van der Waals surface area contributed by atoms with Gasteiger partial charge in [0.15, 0.2) is 6.61 Å². The molecule has 0 aliphatic rings. The molecule has 6 heteroatoms. The molecule has 0 aromatic heterocycles. The largest absolute Gasteiger partial charge is 0.452 e.